The van der Waals surface area contributed by atoms with Crippen LogP contribution in [0.1, 0.15) is 33.6 Å². The number of aromatic nitrogens is 1. The van der Waals surface area contributed by atoms with Crippen LogP contribution >= 0.6 is 11.3 Å². The van der Waals surface area contributed by atoms with Crippen LogP contribution in [0.25, 0.3) is 11.1 Å². The normalized spacial score (nSPS) is 14.8. The number of hydrogen-bond acceptors (Lipinski definition) is 5. The summed E-state index contributed by atoms with van der Waals surface area (Å²) in [6, 6.07) is 5.26. The largest absolute Gasteiger partial charge is 0.423 e. The van der Waals surface area contributed by atoms with E-state index in [9.17, 15) is 18.0 Å². The van der Waals surface area contributed by atoms with E-state index in [-0.39, 0.29) is 23.2 Å². The van der Waals surface area contributed by atoms with Crippen molar-refractivity contribution < 1.29 is 22.4 Å². The topological polar surface area (TPSA) is 72.4 Å². The van der Waals surface area contributed by atoms with Crippen molar-refractivity contribution in [2.45, 2.75) is 32.0 Å². The summed E-state index contributed by atoms with van der Waals surface area (Å²) in [5, 5.41) is 0.737. The van der Waals surface area contributed by atoms with E-state index in [1.807, 2.05) is 4.90 Å². The first-order chi connectivity index (χ1) is 12.2. The van der Waals surface area contributed by atoms with Crippen molar-refractivity contribution >= 4 is 39.4 Å². The molecule has 0 atom stereocenters. The van der Waals surface area contributed by atoms with E-state index in [2.05, 4.69) is 4.98 Å². The summed E-state index contributed by atoms with van der Waals surface area (Å²) in [6.45, 7) is 1.79. The van der Waals surface area contributed by atoms with Gasteiger partial charge in [0.25, 0.3) is 0 Å². The zero-order chi connectivity index (χ0) is 18.6. The van der Waals surface area contributed by atoms with Crippen LogP contribution in [-0.4, -0.2) is 16.9 Å². The second-order valence-corrected chi connectivity index (χ2v) is 7.43. The molecule has 0 bridgehead atoms. The van der Waals surface area contributed by atoms with Crippen LogP contribution in [-0.2, 0) is 6.18 Å². The first-order valence-electron chi connectivity index (χ1n) is 7.91. The lowest BCUT2D eigenvalue weighted by Crippen LogP contribution is -2.18. The molecule has 0 radical (unpaired) electrons. The summed E-state index contributed by atoms with van der Waals surface area (Å²) >= 11 is 1.38. The van der Waals surface area contributed by atoms with Crippen LogP contribution in [0.3, 0.4) is 0 Å². The summed E-state index contributed by atoms with van der Waals surface area (Å²) in [6.07, 6.45) is -2.62. The Balaban J connectivity index is 1.78. The monoisotopic (exact) mass is 381 g/mol. The number of rotatable bonds is 4. The Hall–Kier alpha value is -2.55. The van der Waals surface area contributed by atoms with Gasteiger partial charge in [-0.3, -0.25) is 9.69 Å². The molecular weight excluding hydrogens is 367 g/mol. The summed E-state index contributed by atoms with van der Waals surface area (Å²) in [7, 11) is 0. The molecule has 2 aromatic heterocycles. The maximum absolute atomic E-state index is 12.9. The lowest BCUT2D eigenvalue weighted by atomic mass is 10.2. The highest BCUT2D eigenvalue weighted by Crippen LogP contribution is 2.43. The van der Waals surface area contributed by atoms with E-state index in [0.29, 0.717) is 5.56 Å². The second kappa shape index (κ2) is 5.73. The Kier molecular flexibility index (Phi) is 3.72. The first kappa shape index (κ1) is 16.9. The smallest absolute Gasteiger partial charge is 0.416 e. The predicted octanol–water partition coefficient (Wildman–Crippen LogP) is 4.62. The number of benzene rings is 1. The van der Waals surface area contributed by atoms with Gasteiger partial charge in [0.15, 0.2) is 5.58 Å². The Morgan fingerprint density at radius 3 is 2.65 bits per heavy atom. The summed E-state index contributed by atoms with van der Waals surface area (Å²) in [5.41, 5.74) is 5.45. The van der Waals surface area contributed by atoms with Gasteiger partial charge in [-0.15, -0.1) is 11.3 Å². The number of nitrogens with zero attached hydrogens (tertiary/aromatic N) is 2. The summed E-state index contributed by atoms with van der Waals surface area (Å²) in [4.78, 5) is 18.4. The summed E-state index contributed by atoms with van der Waals surface area (Å²) in [5.74, 6) is -0.520. The van der Waals surface area contributed by atoms with Gasteiger partial charge >= 0.3 is 12.2 Å². The SMILES string of the molecule is Cc1sc(N(c2nc3cc(C(F)(F)F)ccc3o2)C2CC2)cc1C(N)=O. The highest BCUT2D eigenvalue weighted by molar-refractivity contribution is 7.16. The molecule has 1 aromatic carbocycles. The number of primary amides is 1. The van der Waals surface area contributed by atoms with Gasteiger partial charge in [0.2, 0.25) is 5.91 Å². The van der Waals surface area contributed by atoms with Gasteiger partial charge in [0.1, 0.15) is 10.5 Å². The number of fused-ring (bicyclic) bond motifs is 1. The molecular formula is C17H14F3N3O2S. The van der Waals surface area contributed by atoms with Gasteiger partial charge in [-0.25, -0.2) is 0 Å². The maximum Gasteiger partial charge on any atom is 0.416 e. The minimum Gasteiger partial charge on any atom is -0.423 e. The van der Waals surface area contributed by atoms with Crippen molar-refractivity contribution in [1.82, 2.24) is 4.98 Å². The average Bonchev–Trinajstić information content (AvgIpc) is 3.15. The lowest BCUT2D eigenvalue weighted by molar-refractivity contribution is -0.137. The molecule has 136 valence electrons. The van der Waals surface area contributed by atoms with Gasteiger partial charge in [-0.2, -0.15) is 18.2 Å². The fourth-order valence-electron chi connectivity index (χ4n) is 2.79. The predicted molar refractivity (Wildman–Crippen MR) is 91.7 cm³/mol. The molecule has 4 rings (SSSR count). The van der Waals surface area contributed by atoms with Gasteiger partial charge in [0, 0.05) is 10.9 Å². The van der Waals surface area contributed by atoms with Crippen molar-refractivity contribution in [3.8, 4) is 0 Å². The molecule has 0 spiro atoms. The third kappa shape index (κ3) is 2.92. The number of alkyl halides is 3. The third-order valence-corrected chi connectivity index (χ3v) is 5.28. The van der Waals surface area contributed by atoms with Gasteiger partial charge in [-0.1, -0.05) is 0 Å². The van der Waals surface area contributed by atoms with Gasteiger partial charge < -0.3 is 10.2 Å². The van der Waals surface area contributed by atoms with Crippen LogP contribution in [0, 0.1) is 6.92 Å². The Morgan fingerprint density at radius 1 is 1.35 bits per heavy atom. The van der Waals surface area contributed by atoms with E-state index >= 15 is 0 Å². The Bertz CT molecular complexity index is 1000. The number of oxazole rings is 1. The van der Waals surface area contributed by atoms with E-state index in [1.54, 1.807) is 13.0 Å². The number of carbonyl (C=O) groups is 1. The van der Waals surface area contributed by atoms with Crippen molar-refractivity contribution in [3.05, 3.63) is 40.3 Å². The molecule has 1 saturated carbocycles. The quantitative estimate of drug-likeness (QED) is 0.716. The van der Waals surface area contributed by atoms with Crippen LogP contribution in [0.4, 0.5) is 24.2 Å². The lowest BCUT2D eigenvalue weighted by Gasteiger charge is -2.17. The van der Waals surface area contributed by atoms with Crippen molar-refractivity contribution in [2.75, 3.05) is 4.90 Å². The number of amides is 1. The molecule has 1 fully saturated rings. The van der Waals surface area contributed by atoms with Crippen molar-refractivity contribution in [2.24, 2.45) is 5.73 Å². The molecule has 26 heavy (non-hydrogen) atoms. The number of aryl methyl sites for hydroxylation is 1. The van der Waals surface area contributed by atoms with Crippen LogP contribution in [0.2, 0.25) is 0 Å². The molecule has 9 heteroatoms. The van der Waals surface area contributed by atoms with Gasteiger partial charge in [-0.05, 0) is 44.0 Å². The molecule has 1 aliphatic rings. The van der Waals surface area contributed by atoms with E-state index in [4.69, 9.17) is 10.2 Å². The van der Waals surface area contributed by atoms with Crippen LogP contribution in [0.15, 0.2) is 28.7 Å². The standard InChI is InChI=1S/C17H14F3N3O2S/c1-8-11(15(21)24)7-14(26-8)23(10-3-4-10)16-22-12-6-9(17(18,19)20)2-5-13(12)25-16/h2,5-7,10H,3-4H2,1H3,(H2,21,24). The van der Waals surface area contributed by atoms with Crippen molar-refractivity contribution in [1.29, 1.82) is 0 Å². The molecule has 0 aliphatic heterocycles. The molecule has 0 unspecified atom stereocenters. The molecule has 1 amide bonds. The van der Waals surface area contributed by atoms with Gasteiger partial charge in [0.05, 0.1) is 11.1 Å². The number of nitrogens with two attached hydrogens (primary N) is 1. The molecule has 2 N–H and O–H groups in total. The Labute approximate surface area is 150 Å². The third-order valence-electron chi connectivity index (χ3n) is 4.23. The van der Waals surface area contributed by atoms with E-state index in [0.717, 1.165) is 34.9 Å². The number of thiophene rings is 1. The number of halogens is 3. The maximum atomic E-state index is 12.9. The molecule has 5 nitrogen and oxygen atoms in total. The Morgan fingerprint density at radius 2 is 2.08 bits per heavy atom. The zero-order valence-corrected chi connectivity index (χ0v) is 14.4. The minimum atomic E-state index is -4.44. The number of anilines is 2. The minimum absolute atomic E-state index is 0.142. The van der Waals surface area contributed by atoms with E-state index < -0.39 is 17.6 Å². The second-order valence-electron chi connectivity index (χ2n) is 6.20. The van der Waals surface area contributed by atoms with Crippen molar-refractivity contribution in [3.63, 3.8) is 0 Å². The fraction of sp³-hybridized carbons (Fsp3) is 0.294. The van der Waals surface area contributed by atoms with E-state index in [1.165, 1.54) is 17.4 Å². The molecule has 0 saturated heterocycles. The number of hydrogen-bond donors (Lipinski definition) is 1. The highest BCUT2D eigenvalue weighted by atomic mass is 32.1. The first-order valence-corrected chi connectivity index (χ1v) is 8.73. The van der Waals surface area contributed by atoms with Crippen LogP contribution < -0.4 is 10.6 Å². The molecule has 1 aliphatic carbocycles. The highest BCUT2D eigenvalue weighted by Gasteiger charge is 2.36. The summed E-state index contributed by atoms with van der Waals surface area (Å²) < 4.78 is 44.4. The average molecular weight is 381 g/mol. The number of carbonyl (C=O) groups excluding carboxylic acids is 1. The fourth-order valence-corrected chi connectivity index (χ4v) is 3.87. The molecule has 3 aromatic rings. The van der Waals surface area contributed by atoms with Crippen LogP contribution in [0.5, 0.6) is 0 Å². The zero-order valence-electron chi connectivity index (χ0n) is 13.6. The molecule has 2 heterocycles.